The molecule has 2 aromatic carbocycles. The van der Waals surface area contributed by atoms with Crippen molar-refractivity contribution >= 4 is 16.8 Å². The average molecular weight is 374 g/mol. The number of hydrogen-bond donors (Lipinski definition) is 2. The molecule has 4 rings (SSSR count). The summed E-state index contributed by atoms with van der Waals surface area (Å²) in [6, 6.07) is 12.6. The highest BCUT2D eigenvalue weighted by molar-refractivity contribution is 5.95. The zero-order chi connectivity index (χ0) is 19.7. The molecule has 1 amide bonds. The van der Waals surface area contributed by atoms with E-state index in [1.165, 1.54) is 18.6 Å². The van der Waals surface area contributed by atoms with E-state index in [1.54, 1.807) is 19.1 Å². The van der Waals surface area contributed by atoms with E-state index in [-0.39, 0.29) is 11.7 Å². The van der Waals surface area contributed by atoms with Crippen molar-refractivity contribution in [3.05, 3.63) is 83.2 Å². The van der Waals surface area contributed by atoms with E-state index < -0.39 is 0 Å². The summed E-state index contributed by atoms with van der Waals surface area (Å²) < 4.78 is 14.2. The number of fused-ring (bicyclic) bond motifs is 1. The maximum Gasteiger partial charge on any atom is 0.254 e. The maximum absolute atomic E-state index is 14.2. The lowest BCUT2D eigenvalue weighted by Gasteiger charge is -2.07. The summed E-state index contributed by atoms with van der Waals surface area (Å²) in [5.74, 6) is -0.471. The maximum atomic E-state index is 14.2. The van der Waals surface area contributed by atoms with Crippen LogP contribution in [0.4, 0.5) is 4.39 Å². The zero-order valence-corrected chi connectivity index (χ0v) is 15.6. The van der Waals surface area contributed by atoms with Gasteiger partial charge in [-0.25, -0.2) is 14.4 Å². The van der Waals surface area contributed by atoms with Gasteiger partial charge in [-0.05, 0) is 49.2 Å². The largest absolute Gasteiger partial charge is 0.354 e. The van der Waals surface area contributed by atoms with E-state index in [4.69, 9.17) is 0 Å². The van der Waals surface area contributed by atoms with Crippen molar-refractivity contribution in [3.8, 4) is 11.3 Å². The predicted molar refractivity (Wildman–Crippen MR) is 106 cm³/mol. The molecular weight excluding hydrogens is 355 g/mol. The molecule has 0 unspecified atom stereocenters. The quantitative estimate of drug-likeness (QED) is 0.559. The van der Waals surface area contributed by atoms with Crippen molar-refractivity contribution in [1.82, 2.24) is 20.3 Å². The molecule has 2 N–H and O–H groups in total. The molecule has 0 saturated heterocycles. The van der Waals surface area contributed by atoms with E-state index >= 15 is 0 Å². The normalized spacial score (nSPS) is 11.0. The van der Waals surface area contributed by atoms with Crippen LogP contribution in [0.15, 0.2) is 55.0 Å². The highest BCUT2D eigenvalue weighted by Crippen LogP contribution is 2.31. The summed E-state index contributed by atoms with van der Waals surface area (Å²) in [7, 11) is 0. The Morgan fingerprint density at radius 1 is 1.18 bits per heavy atom. The molecule has 0 aliphatic carbocycles. The molecule has 2 aromatic heterocycles. The second-order valence-electron chi connectivity index (χ2n) is 6.69. The minimum atomic E-state index is -0.259. The molecule has 0 bridgehead atoms. The summed E-state index contributed by atoms with van der Waals surface area (Å²) in [6.07, 6.45) is 2.93. The van der Waals surface area contributed by atoms with Gasteiger partial charge in [0.2, 0.25) is 0 Å². The smallest absolute Gasteiger partial charge is 0.254 e. The van der Waals surface area contributed by atoms with Gasteiger partial charge in [-0.1, -0.05) is 18.2 Å². The van der Waals surface area contributed by atoms with Crippen LogP contribution in [-0.4, -0.2) is 20.9 Å². The van der Waals surface area contributed by atoms with Gasteiger partial charge >= 0.3 is 0 Å². The fourth-order valence-electron chi connectivity index (χ4n) is 3.31. The van der Waals surface area contributed by atoms with E-state index in [2.05, 4.69) is 20.3 Å². The Kier molecular flexibility index (Phi) is 4.61. The Balaban J connectivity index is 1.60. The Morgan fingerprint density at radius 3 is 2.79 bits per heavy atom. The molecule has 0 saturated carbocycles. The number of amides is 1. The molecule has 140 valence electrons. The number of carbonyl (C=O) groups is 1. The average Bonchev–Trinajstić information content (AvgIpc) is 3.03. The fourth-order valence-corrected chi connectivity index (χ4v) is 3.31. The first-order valence-electron chi connectivity index (χ1n) is 8.95. The number of hydrogen-bond acceptors (Lipinski definition) is 3. The van der Waals surface area contributed by atoms with E-state index in [1.807, 2.05) is 31.2 Å². The molecular formula is C22H19FN4O. The Hall–Kier alpha value is -3.54. The predicted octanol–water partition coefficient (Wildman–Crippen LogP) is 4.31. The minimum Gasteiger partial charge on any atom is -0.354 e. The van der Waals surface area contributed by atoms with E-state index in [9.17, 15) is 9.18 Å². The molecule has 0 aliphatic rings. The van der Waals surface area contributed by atoms with Crippen molar-refractivity contribution in [3.63, 3.8) is 0 Å². The number of H-pyrrole nitrogens is 1. The van der Waals surface area contributed by atoms with Crippen LogP contribution in [0, 0.1) is 19.7 Å². The van der Waals surface area contributed by atoms with Crippen LogP contribution >= 0.6 is 0 Å². The first kappa shape index (κ1) is 17.9. The lowest BCUT2D eigenvalue weighted by atomic mass is 10.0. The van der Waals surface area contributed by atoms with Gasteiger partial charge in [0, 0.05) is 29.2 Å². The van der Waals surface area contributed by atoms with Gasteiger partial charge in [-0.3, -0.25) is 4.79 Å². The molecule has 0 spiro atoms. The van der Waals surface area contributed by atoms with E-state index in [0.717, 1.165) is 27.7 Å². The summed E-state index contributed by atoms with van der Waals surface area (Å²) in [4.78, 5) is 23.6. The van der Waals surface area contributed by atoms with Crippen LogP contribution in [0.2, 0.25) is 0 Å². The Morgan fingerprint density at radius 2 is 2.00 bits per heavy atom. The monoisotopic (exact) mass is 374 g/mol. The molecule has 6 heteroatoms. The third-order valence-electron chi connectivity index (χ3n) is 4.88. The minimum absolute atomic E-state index is 0.212. The van der Waals surface area contributed by atoms with Crippen LogP contribution in [-0.2, 0) is 6.54 Å². The Bertz CT molecular complexity index is 1180. The number of aryl methyl sites for hydroxylation is 2. The molecule has 28 heavy (non-hydrogen) atoms. The molecule has 4 aromatic rings. The van der Waals surface area contributed by atoms with Crippen molar-refractivity contribution in [2.45, 2.75) is 20.4 Å². The Labute approximate surface area is 161 Å². The van der Waals surface area contributed by atoms with Crippen LogP contribution in [0.5, 0.6) is 0 Å². The third kappa shape index (κ3) is 3.24. The van der Waals surface area contributed by atoms with Crippen LogP contribution < -0.4 is 5.32 Å². The molecule has 2 heterocycles. The molecule has 5 nitrogen and oxygen atoms in total. The molecule has 0 fully saturated rings. The highest BCUT2D eigenvalue weighted by Gasteiger charge is 2.14. The number of carbonyl (C=O) groups excluding carboxylic acids is 1. The van der Waals surface area contributed by atoms with Gasteiger partial charge in [0.15, 0.2) is 0 Å². The van der Waals surface area contributed by atoms with Gasteiger partial charge in [0.25, 0.3) is 5.91 Å². The van der Waals surface area contributed by atoms with E-state index in [0.29, 0.717) is 23.4 Å². The lowest BCUT2D eigenvalue weighted by Crippen LogP contribution is -2.24. The van der Waals surface area contributed by atoms with Crippen molar-refractivity contribution < 1.29 is 9.18 Å². The first-order chi connectivity index (χ1) is 13.5. The number of aromatic nitrogens is 3. The van der Waals surface area contributed by atoms with Crippen molar-refractivity contribution in [2.24, 2.45) is 0 Å². The van der Waals surface area contributed by atoms with Gasteiger partial charge in [-0.15, -0.1) is 0 Å². The van der Waals surface area contributed by atoms with Crippen molar-refractivity contribution in [2.75, 3.05) is 0 Å². The number of nitrogens with one attached hydrogen (secondary N) is 2. The van der Waals surface area contributed by atoms with Gasteiger partial charge in [0.1, 0.15) is 12.1 Å². The molecule has 0 aliphatic heterocycles. The summed E-state index contributed by atoms with van der Waals surface area (Å²) in [5, 5.41) is 3.90. The number of benzene rings is 2. The van der Waals surface area contributed by atoms with Gasteiger partial charge in [-0.2, -0.15) is 0 Å². The molecule has 0 radical (unpaired) electrons. The standard InChI is InChI=1S/C22H19FN4O/c1-13-17-9-15(10-25-22(28)18-11-24-12-26-14(18)2)7-8-20(17)27-21(13)16-5-3-4-6-19(16)23/h3-9,11-12,27H,10H2,1-2H3,(H,25,28). The second kappa shape index (κ2) is 7.23. The van der Waals surface area contributed by atoms with Crippen LogP contribution in [0.1, 0.15) is 27.2 Å². The van der Waals surface area contributed by atoms with Crippen LogP contribution in [0.25, 0.3) is 22.2 Å². The van der Waals surface area contributed by atoms with Crippen molar-refractivity contribution in [1.29, 1.82) is 0 Å². The highest BCUT2D eigenvalue weighted by atomic mass is 19.1. The molecule has 0 atom stereocenters. The number of halogens is 1. The number of aromatic amines is 1. The zero-order valence-electron chi connectivity index (χ0n) is 15.6. The summed E-state index contributed by atoms with van der Waals surface area (Å²) in [5.41, 5.74) is 5.27. The number of rotatable bonds is 4. The first-order valence-corrected chi connectivity index (χ1v) is 8.95. The lowest BCUT2D eigenvalue weighted by molar-refractivity contribution is 0.0949. The third-order valence-corrected chi connectivity index (χ3v) is 4.88. The summed E-state index contributed by atoms with van der Waals surface area (Å²) >= 11 is 0. The number of nitrogens with zero attached hydrogens (tertiary/aromatic N) is 2. The van der Waals surface area contributed by atoms with Gasteiger partial charge in [0.05, 0.1) is 17.0 Å². The van der Waals surface area contributed by atoms with Crippen LogP contribution in [0.3, 0.4) is 0 Å². The fraction of sp³-hybridized carbons (Fsp3) is 0.136. The summed E-state index contributed by atoms with van der Waals surface area (Å²) in [6.45, 7) is 4.12. The van der Waals surface area contributed by atoms with Gasteiger partial charge < -0.3 is 10.3 Å². The topological polar surface area (TPSA) is 70.7 Å². The second-order valence-corrected chi connectivity index (χ2v) is 6.69. The SMILES string of the molecule is Cc1ncncc1C(=O)NCc1ccc2[nH]c(-c3ccccc3F)c(C)c2c1.